The lowest BCUT2D eigenvalue weighted by atomic mass is 10.2. The maximum atomic E-state index is 12.2. The molecule has 0 bridgehead atoms. The number of Topliss-reactive ketones (excluding diaryl/α,β-unsaturated/α-hetero) is 1. The molecule has 5 heteroatoms. The average Bonchev–Trinajstić information content (AvgIpc) is 2.58. The number of hydrogen-bond donors (Lipinski definition) is 0. The number of ketones is 1. The number of carbonyl (C=O) groups is 1. The minimum Gasteiger partial charge on any atom is -0.288 e. The monoisotopic (exact) mass is 273 g/mol. The molecule has 0 aliphatic rings. The molecule has 16 heavy (non-hydrogen) atoms. The fourth-order valence-electron chi connectivity index (χ4n) is 1.38. The van der Waals surface area contributed by atoms with Crippen molar-refractivity contribution in [2.24, 2.45) is 0 Å². The first kappa shape index (κ1) is 13.8. The Morgan fingerprint density at radius 1 is 1.38 bits per heavy atom. The van der Waals surface area contributed by atoms with Crippen molar-refractivity contribution < 1.29 is 4.79 Å². The number of carbonyl (C=O) groups excluding carboxylic acids is 1. The molecule has 0 amide bonds. The van der Waals surface area contributed by atoms with Gasteiger partial charge in [0.2, 0.25) is 5.78 Å². The molecule has 0 aromatic carbocycles. The number of aryl methyl sites for hydroxylation is 2. The lowest BCUT2D eigenvalue weighted by Crippen LogP contribution is -2.11. The predicted molar refractivity (Wildman–Crippen MR) is 75.9 cm³/mol. The lowest BCUT2D eigenvalue weighted by molar-refractivity contribution is 0.103. The minimum absolute atomic E-state index is 0.0387. The highest BCUT2D eigenvalue weighted by molar-refractivity contribution is 8.16. The molecule has 0 spiro atoms. The highest BCUT2D eigenvalue weighted by Gasteiger charge is 2.22. The van der Waals surface area contributed by atoms with Crippen molar-refractivity contribution in [3.63, 3.8) is 0 Å². The van der Waals surface area contributed by atoms with Crippen molar-refractivity contribution in [1.82, 2.24) is 4.98 Å². The van der Waals surface area contributed by atoms with Crippen molar-refractivity contribution in [3.05, 3.63) is 27.7 Å². The molecule has 2 nitrogen and oxygen atoms in total. The normalized spacial score (nSPS) is 10.8. The molecule has 0 aliphatic heterocycles. The van der Waals surface area contributed by atoms with Gasteiger partial charge in [0.05, 0.1) is 20.2 Å². The molecular formula is C11H15NOS3. The SMILES string of the molecule is C=C(C(=O)c1sc(C)nc1C)C(SC)SC. The zero-order valence-electron chi connectivity index (χ0n) is 9.86. The van der Waals surface area contributed by atoms with Crippen LogP contribution < -0.4 is 0 Å². The van der Waals surface area contributed by atoms with Gasteiger partial charge in [-0.2, -0.15) is 0 Å². The second-order valence-corrected chi connectivity index (χ2v) is 6.69. The Balaban J connectivity index is 2.94. The quantitative estimate of drug-likeness (QED) is 0.466. The molecule has 0 N–H and O–H groups in total. The van der Waals surface area contributed by atoms with E-state index in [1.165, 1.54) is 11.3 Å². The Morgan fingerprint density at radius 3 is 2.31 bits per heavy atom. The van der Waals surface area contributed by atoms with E-state index in [1.54, 1.807) is 23.5 Å². The lowest BCUT2D eigenvalue weighted by Gasteiger charge is -2.12. The summed E-state index contributed by atoms with van der Waals surface area (Å²) in [5, 5.41) is 0.929. The third kappa shape index (κ3) is 2.90. The Hall–Kier alpha value is -0.260. The zero-order chi connectivity index (χ0) is 12.3. The molecule has 0 saturated carbocycles. The van der Waals surface area contributed by atoms with Crippen molar-refractivity contribution in [1.29, 1.82) is 0 Å². The van der Waals surface area contributed by atoms with Gasteiger partial charge in [-0.1, -0.05) is 6.58 Å². The van der Waals surface area contributed by atoms with Gasteiger partial charge >= 0.3 is 0 Å². The number of hydrogen-bond acceptors (Lipinski definition) is 5. The van der Waals surface area contributed by atoms with Crippen LogP contribution in [0.4, 0.5) is 0 Å². The van der Waals surface area contributed by atoms with Crippen molar-refractivity contribution in [2.75, 3.05) is 12.5 Å². The molecule has 0 fully saturated rings. The first-order chi connectivity index (χ1) is 7.51. The number of nitrogens with zero attached hydrogens (tertiary/aromatic N) is 1. The third-order valence-corrected chi connectivity index (χ3v) is 5.77. The van der Waals surface area contributed by atoms with Crippen LogP contribution in [-0.4, -0.2) is 27.9 Å². The first-order valence-electron chi connectivity index (χ1n) is 4.74. The Bertz CT molecular complexity index is 407. The van der Waals surface area contributed by atoms with E-state index < -0.39 is 0 Å². The van der Waals surface area contributed by atoms with E-state index in [-0.39, 0.29) is 10.4 Å². The van der Waals surface area contributed by atoms with Crippen molar-refractivity contribution in [3.8, 4) is 0 Å². The van der Waals surface area contributed by atoms with Gasteiger partial charge in [-0.25, -0.2) is 4.98 Å². The smallest absolute Gasteiger partial charge is 0.202 e. The van der Waals surface area contributed by atoms with Crippen molar-refractivity contribution >= 4 is 40.6 Å². The van der Waals surface area contributed by atoms with Crippen molar-refractivity contribution in [2.45, 2.75) is 18.4 Å². The summed E-state index contributed by atoms with van der Waals surface area (Å²) in [6, 6.07) is 0. The van der Waals surface area contributed by atoms with Gasteiger partial charge in [0, 0.05) is 5.57 Å². The van der Waals surface area contributed by atoms with Crippen LogP contribution in [0.5, 0.6) is 0 Å². The molecule has 0 saturated heterocycles. The summed E-state index contributed by atoms with van der Waals surface area (Å²) in [5.74, 6) is 0.0387. The third-order valence-electron chi connectivity index (χ3n) is 2.11. The van der Waals surface area contributed by atoms with Crippen LogP contribution in [0.2, 0.25) is 0 Å². The average molecular weight is 273 g/mol. The van der Waals surface area contributed by atoms with Gasteiger partial charge in [0.25, 0.3) is 0 Å². The Morgan fingerprint density at radius 2 is 1.94 bits per heavy atom. The zero-order valence-corrected chi connectivity index (χ0v) is 12.3. The van der Waals surface area contributed by atoms with E-state index in [0.717, 1.165) is 15.6 Å². The summed E-state index contributed by atoms with van der Waals surface area (Å²) in [7, 11) is 0. The van der Waals surface area contributed by atoms with Gasteiger partial charge in [-0.05, 0) is 26.4 Å². The second kappa shape index (κ2) is 5.89. The maximum absolute atomic E-state index is 12.2. The topological polar surface area (TPSA) is 30.0 Å². The van der Waals surface area contributed by atoms with Crippen LogP contribution in [0.15, 0.2) is 12.2 Å². The Labute approximate surface area is 109 Å². The largest absolute Gasteiger partial charge is 0.288 e. The maximum Gasteiger partial charge on any atom is 0.202 e. The van der Waals surface area contributed by atoms with Gasteiger partial charge in [-0.3, -0.25) is 4.79 Å². The summed E-state index contributed by atoms with van der Waals surface area (Å²) in [5.41, 5.74) is 1.47. The predicted octanol–water partition coefficient (Wildman–Crippen LogP) is 3.55. The number of rotatable bonds is 5. The number of thiazole rings is 1. The molecule has 0 aliphatic carbocycles. The molecule has 1 aromatic rings. The number of thioether (sulfide) groups is 2. The van der Waals surface area contributed by atoms with E-state index in [0.29, 0.717) is 5.57 Å². The molecule has 1 aromatic heterocycles. The van der Waals surface area contributed by atoms with E-state index in [9.17, 15) is 4.79 Å². The van der Waals surface area contributed by atoms with E-state index >= 15 is 0 Å². The Kier molecular flexibility index (Phi) is 5.08. The summed E-state index contributed by atoms with van der Waals surface area (Å²) >= 11 is 4.73. The van der Waals surface area contributed by atoms with E-state index in [4.69, 9.17) is 0 Å². The van der Waals surface area contributed by atoms with Crippen LogP contribution in [0.25, 0.3) is 0 Å². The highest BCUT2D eigenvalue weighted by Crippen LogP contribution is 2.30. The van der Waals surface area contributed by atoms with Crippen LogP contribution >= 0.6 is 34.9 Å². The van der Waals surface area contributed by atoms with Crippen LogP contribution in [0.1, 0.15) is 20.4 Å². The first-order valence-corrected chi connectivity index (χ1v) is 8.13. The summed E-state index contributed by atoms with van der Waals surface area (Å²) < 4.78 is 0.134. The molecule has 88 valence electrons. The van der Waals surface area contributed by atoms with Gasteiger partial charge < -0.3 is 0 Å². The summed E-state index contributed by atoms with van der Waals surface area (Å²) in [4.78, 5) is 17.2. The van der Waals surface area contributed by atoms with E-state index in [1.807, 2.05) is 26.4 Å². The standard InChI is InChI=1S/C11H15NOS3/c1-6(11(14-4)15-5)9(13)10-7(2)12-8(3)16-10/h11H,1H2,2-5H3. The summed E-state index contributed by atoms with van der Waals surface area (Å²) in [6.45, 7) is 7.70. The molecule has 0 unspecified atom stereocenters. The molecule has 1 heterocycles. The van der Waals surface area contributed by atoms with Crippen LogP contribution in [-0.2, 0) is 0 Å². The summed E-state index contributed by atoms with van der Waals surface area (Å²) in [6.07, 6.45) is 3.98. The molecule has 0 radical (unpaired) electrons. The molecule has 1 rings (SSSR count). The van der Waals surface area contributed by atoms with Gasteiger partial charge in [0.15, 0.2) is 0 Å². The molecule has 0 atom stereocenters. The second-order valence-electron chi connectivity index (χ2n) is 3.31. The number of aromatic nitrogens is 1. The van der Waals surface area contributed by atoms with Crippen LogP contribution in [0.3, 0.4) is 0 Å². The van der Waals surface area contributed by atoms with E-state index in [2.05, 4.69) is 11.6 Å². The van der Waals surface area contributed by atoms with Crippen LogP contribution in [0, 0.1) is 13.8 Å². The van der Waals surface area contributed by atoms with Gasteiger partial charge in [0.1, 0.15) is 0 Å². The highest BCUT2D eigenvalue weighted by atomic mass is 32.2. The minimum atomic E-state index is 0.0387. The molecular weight excluding hydrogens is 258 g/mol. The van der Waals surface area contributed by atoms with Gasteiger partial charge in [-0.15, -0.1) is 34.9 Å². The fourth-order valence-corrected chi connectivity index (χ4v) is 3.82. The fraction of sp³-hybridized carbons (Fsp3) is 0.455.